The van der Waals surface area contributed by atoms with Gasteiger partial charge in [-0.15, -0.1) is 0 Å². The van der Waals surface area contributed by atoms with Crippen LogP contribution in [0.25, 0.3) is 11.3 Å². The molecule has 0 aliphatic heterocycles. The van der Waals surface area contributed by atoms with E-state index in [1.165, 1.54) is 12.1 Å². The molecule has 0 aliphatic rings. The molecule has 168 valence electrons. The molecule has 2 heterocycles. The highest BCUT2D eigenvalue weighted by atomic mass is 32.2. The third kappa shape index (κ3) is 5.27. The molecule has 0 saturated carbocycles. The van der Waals surface area contributed by atoms with Gasteiger partial charge in [-0.2, -0.15) is 4.98 Å². The van der Waals surface area contributed by atoms with Crippen LogP contribution in [0, 0.1) is 0 Å². The summed E-state index contributed by atoms with van der Waals surface area (Å²) in [5.74, 6) is 0.817. The predicted molar refractivity (Wildman–Crippen MR) is 128 cm³/mol. The predicted octanol–water partition coefficient (Wildman–Crippen LogP) is 4.84. The molecule has 8 nitrogen and oxygen atoms in total. The van der Waals surface area contributed by atoms with E-state index in [0.717, 1.165) is 11.1 Å². The number of nitrogens with one attached hydrogen (secondary N) is 1. The van der Waals surface area contributed by atoms with Crippen LogP contribution in [0.15, 0.2) is 84.0 Å². The molecular formula is C24H23N5O3S. The first-order chi connectivity index (χ1) is 15.8. The summed E-state index contributed by atoms with van der Waals surface area (Å²) in [4.78, 5) is 12.8. The Balaban J connectivity index is 1.80. The van der Waals surface area contributed by atoms with Gasteiger partial charge in [0.2, 0.25) is 11.8 Å². The van der Waals surface area contributed by atoms with E-state index in [9.17, 15) is 8.42 Å². The molecule has 33 heavy (non-hydrogen) atoms. The Morgan fingerprint density at radius 2 is 1.70 bits per heavy atom. The molecule has 0 saturated heterocycles. The number of hydrogen-bond donors (Lipinski definition) is 2. The number of benzene rings is 2. The van der Waals surface area contributed by atoms with Crippen LogP contribution in [0.5, 0.6) is 11.6 Å². The van der Waals surface area contributed by atoms with Crippen LogP contribution in [0.1, 0.15) is 25.3 Å². The van der Waals surface area contributed by atoms with Gasteiger partial charge in [0.05, 0.1) is 10.6 Å². The number of nitrogen functional groups attached to an aromatic ring is 1. The number of aromatic nitrogens is 3. The normalized spacial score (nSPS) is 11.4. The van der Waals surface area contributed by atoms with E-state index >= 15 is 0 Å². The number of nitrogens with two attached hydrogens (primary N) is 1. The number of rotatable bonds is 7. The Labute approximate surface area is 192 Å². The molecule has 0 bridgehead atoms. The number of ether oxygens (including phenoxy) is 1. The molecule has 2 aromatic heterocycles. The molecule has 0 aliphatic carbocycles. The zero-order chi connectivity index (χ0) is 23.4. The van der Waals surface area contributed by atoms with E-state index in [4.69, 9.17) is 10.5 Å². The maximum absolute atomic E-state index is 13.0. The Kier molecular flexibility index (Phi) is 6.23. The summed E-state index contributed by atoms with van der Waals surface area (Å²) < 4.78 is 34.2. The Bertz CT molecular complexity index is 1380. The molecule has 0 amide bonds. The fourth-order valence-corrected chi connectivity index (χ4v) is 4.28. The van der Waals surface area contributed by atoms with Crippen LogP contribution >= 0.6 is 0 Å². The third-order valence-corrected chi connectivity index (χ3v) is 6.15. The van der Waals surface area contributed by atoms with Crippen molar-refractivity contribution in [3.8, 4) is 22.9 Å². The second-order valence-corrected chi connectivity index (χ2v) is 9.30. The lowest BCUT2D eigenvalue weighted by Gasteiger charge is -2.15. The summed E-state index contributed by atoms with van der Waals surface area (Å²) in [5, 5.41) is 0. The zero-order valence-corrected chi connectivity index (χ0v) is 19.0. The van der Waals surface area contributed by atoms with Crippen LogP contribution in [-0.2, 0) is 10.0 Å². The van der Waals surface area contributed by atoms with Crippen LogP contribution < -0.4 is 15.2 Å². The van der Waals surface area contributed by atoms with E-state index in [-0.39, 0.29) is 22.6 Å². The monoisotopic (exact) mass is 461 g/mol. The molecule has 0 atom stereocenters. The molecule has 4 aromatic rings. The standard InChI is InChI=1S/C24H23N5O3S/c1-16(2)20-8-3-4-9-21(20)22-15-23(32-18-10-12-26-13-11-18)28-24(27-22)29-33(30,31)19-7-5-6-17(25)14-19/h3-16H,25H2,1-2H3,(H,27,28,29). The van der Waals surface area contributed by atoms with E-state index in [1.807, 2.05) is 24.3 Å². The van der Waals surface area contributed by atoms with Crippen LogP contribution in [0.2, 0.25) is 0 Å². The van der Waals surface area contributed by atoms with Crippen molar-refractivity contribution >= 4 is 21.7 Å². The first kappa shape index (κ1) is 22.2. The second-order valence-electron chi connectivity index (χ2n) is 7.62. The summed E-state index contributed by atoms with van der Waals surface area (Å²) >= 11 is 0. The number of nitrogens with zero attached hydrogens (tertiary/aromatic N) is 3. The first-order valence-electron chi connectivity index (χ1n) is 10.3. The maximum atomic E-state index is 13.0. The SMILES string of the molecule is CC(C)c1ccccc1-c1cc(Oc2ccncc2)nc(NS(=O)(=O)c2cccc(N)c2)n1. The van der Waals surface area contributed by atoms with E-state index < -0.39 is 10.0 Å². The molecule has 4 rings (SSSR count). The Morgan fingerprint density at radius 3 is 2.42 bits per heavy atom. The van der Waals surface area contributed by atoms with Crippen molar-refractivity contribution in [2.45, 2.75) is 24.7 Å². The fraction of sp³-hybridized carbons (Fsp3) is 0.125. The van der Waals surface area contributed by atoms with E-state index in [2.05, 4.69) is 33.5 Å². The molecule has 0 unspecified atom stereocenters. The Hall–Kier alpha value is -3.98. The van der Waals surface area contributed by atoms with Gasteiger partial charge in [-0.1, -0.05) is 44.2 Å². The molecule has 0 radical (unpaired) electrons. The lowest BCUT2D eigenvalue weighted by Crippen LogP contribution is -2.16. The summed E-state index contributed by atoms with van der Waals surface area (Å²) in [6, 6.07) is 18.9. The van der Waals surface area contributed by atoms with Gasteiger partial charge in [0.1, 0.15) is 5.75 Å². The van der Waals surface area contributed by atoms with Gasteiger partial charge in [-0.05, 0) is 41.8 Å². The second kappa shape index (κ2) is 9.25. The van der Waals surface area contributed by atoms with E-state index in [0.29, 0.717) is 17.1 Å². The van der Waals surface area contributed by atoms with Gasteiger partial charge in [-0.25, -0.2) is 18.1 Å². The quantitative estimate of drug-likeness (QED) is 0.378. The average Bonchev–Trinajstić information content (AvgIpc) is 2.79. The number of anilines is 2. The number of sulfonamides is 1. The molecule has 9 heteroatoms. The summed E-state index contributed by atoms with van der Waals surface area (Å²) in [7, 11) is -3.97. The number of hydrogen-bond acceptors (Lipinski definition) is 7. The third-order valence-electron chi connectivity index (χ3n) is 4.83. The summed E-state index contributed by atoms with van der Waals surface area (Å²) in [6.07, 6.45) is 3.18. The van der Waals surface area contributed by atoms with Crippen molar-refractivity contribution in [1.29, 1.82) is 0 Å². The molecule has 0 fully saturated rings. The highest BCUT2D eigenvalue weighted by Gasteiger charge is 2.19. The molecule has 2 aromatic carbocycles. The molecule has 0 spiro atoms. The van der Waals surface area contributed by atoms with Crippen molar-refractivity contribution in [2.75, 3.05) is 10.5 Å². The van der Waals surface area contributed by atoms with Crippen LogP contribution in [-0.4, -0.2) is 23.4 Å². The maximum Gasteiger partial charge on any atom is 0.264 e. The summed E-state index contributed by atoms with van der Waals surface area (Å²) in [5.41, 5.74) is 8.55. The largest absolute Gasteiger partial charge is 0.439 e. The molecule has 3 N–H and O–H groups in total. The zero-order valence-electron chi connectivity index (χ0n) is 18.1. The van der Waals surface area contributed by atoms with Gasteiger partial charge in [0, 0.05) is 29.7 Å². The topological polar surface area (TPSA) is 120 Å². The van der Waals surface area contributed by atoms with Gasteiger partial charge in [0.25, 0.3) is 10.0 Å². The van der Waals surface area contributed by atoms with Crippen LogP contribution in [0.3, 0.4) is 0 Å². The van der Waals surface area contributed by atoms with Crippen molar-refractivity contribution in [3.05, 3.63) is 84.7 Å². The van der Waals surface area contributed by atoms with Crippen LogP contribution in [0.4, 0.5) is 11.6 Å². The van der Waals surface area contributed by atoms with Gasteiger partial charge >= 0.3 is 0 Å². The minimum Gasteiger partial charge on any atom is -0.439 e. The van der Waals surface area contributed by atoms with Gasteiger partial charge < -0.3 is 10.5 Å². The minimum absolute atomic E-state index is 0.00989. The van der Waals surface area contributed by atoms with Gasteiger partial charge in [-0.3, -0.25) is 4.98 Å². The number of pyridine rings is 1. The highest BCUT2D eigenvalue weighted by molar-refractivity contribution is 7.92. The average molecular weight is 462 g/mol. The van der Waals surface area contributed by atoms with E-state index in [1.54, 1.807) is 42.7 Å². The lowest BCUT2D eigenvalue weighted by molar-refractivity contribution is 0.462. The van der Waals surface area contributed by atoms with Crippen molar-refractivity contribution < 1.29 is 13.2 Å². The van der Waals surface area contributed by atoms with Crippen molar-refractivity contribution in [3.63, 3.8) is 0 Å². The highest BCUT2D eigenvalue weighted by Crippen LogP contribution is 2.32. The Morgan fingerprint density at radius 1 is 0.939 bits per heavy atom. The van der Waals surface area contributed by atoms with Gasteiger partial charge in [0.15, 0.2) is 0 Å². The fourth-order valence-electron chi connectivity index (χ4n) is 3.28. The van der Waals surface area contributed by atoms with Crippen molar-refractivity contribution in [2.24, 2.45) is 0 Å². The smallest absolute Gasteiger partial charge is 0.264 e. The van der Waals surface area contributed by atoms with Crippen molar-refractivity contribution in [1.82, 2.24) is 15.0 Å². The molecular weight excluding hydrogens is 438 g/mol. The summed E-state index contributed by atoms with van der Waals surface area (Å²) in [6.45, 7) is 4.16. The lowest BCUT2D eigenvalue weighted by atomic mass is 9.95. The first-order valence-corrected chi connectivity index (χ1v) is 11.7. The minimum atomic E-state index is -3.97.